The average Bonchev–Trinajstić information content (AvgIpc) is 3.44. The van der Waals surface area contributed by atoms with E-state index < -0.39 is 0 Å². The zero-order valence-electron chi connectivity index (χ0n) is 23.7. The number of anilines is 6. The Morgan fingerprint density at radius 1 is 0.976 bits per heavy atom. The number of hydrogen-bond donors (Lipinski definition) is 5. The lowest BCUT2D eigenvalue weighted by molar-refractivity contribution is 0.189. The molecule has 5 rings (SSSR count). The minimum Gasteiger partial charge on any atom is -0.395 e. The van der Waals surface area contributed by atoms with Crippen molar-refractivity contribution in [1.29, 1.82) is 5.41 Å². The molecular formula is C30H37N9O2. The smallest absolute Gasteiger partial charge is 0.174 e. The molecule has 3 heterocycles. The van der Waals surface area contributed by atoms with Gasteiger partial charge in [0.15, 0.2) is 5.82 Å². The maximum atomic E-state index is 9.18. The van der Waals surface area contributed by atoms with E-state index in [1.165, 1.54) is 6.33 Å². The predicted molar refractivity (Wildman–Crippen MR) is 163 cm³/mol. The van der Waals surface area contributed by atoms with Crippen molar-refractivity contribution in [2.45, 2.75) is 26.2 Å². The third-order valence-corrected chi connectivity index (χ3v) is 7.11. The van der Waals surface area contributed by atoms with E-state index in [0.29, 0.717) is 23.7 Å². The maximum absolute atomic E-state index is 9.18. The largest absolute Gasteiger partial charge is 0.395 e. The number of benzene rings is 2. The monoisotopic (exact) mass is 555 g/mol. The molecule has 2 aromatic heterocycles. The predicted octanol–water partition coefficient (Wildman–Crippen LogP) is 4.36. The highest BCUT2D eigenvalue weighted by atomic mass is 16.5. The number of nitrogens with two attached hydrogens (primary N) is 1. The van der Waals surface area contributed by atoms with Crippen LogP contribution >= 0.6 is 0 Å². The van der Waals surface area contributed by atoms with Crippen LogP contribution in [-0.4, -0.2) is 70.2 Å². The summed E-state index contributed by atoms with van der Waals surface area (Å²) in [6.07, 6.45) is 1.39. The van der Waals surface area contributed by atoms with E-state index in [0.717, 1.165) is 54.6 Å². The molecule has 4 aromatic rings. The molecule has 41 heavy (non-hydrogen) atoms. The number of hydrogen-bond acceptors (Lipinski definition) is 11. The molecule has 0 radical (unpaired) electrons. The van der Waals surface area contributed by atoms with Gasteiger partial charge in [-0.25, -0.2) is 9.97 Å². The van der Waals surface area contributed by atoms with Crippen molar-refractivity contribution in [2.75, 3.05) is 60.6 Å². The van der Waals surface area contributed by atoms with E-state index >= 15 is 0 Å². The minimum absolute atomic E-state index is 0.121. The molecule has 0 amide bonds. The summed E-state index contributed by atoms with van der Waals surface area (Å²) in [5.74, 6) is 2.14. The van der Waals surface area contributed by atoms with Crippen molar-refractivity contribution >= 4 is 40.2 Å². The first-order chi connectivity index (χ1) is 19.7. The van der Waals surface area contributed by atoms with E-state index in [9.17, 15) is 5.11 Å². The summed E-state index contributed by atoms with van der Waals surface area (Å²) in [7, 11) is 0. The van der Waals surface area contributed by atoms with Crippen LogP contribution in [-0.2, 0) is 5.41 Å². The number of nitrogens with zero attached hydrogens (tertiary/aromatic N) is 5. The Hall–Kier alpha value is -4.48. The summed E-state index contributed by atoms with van der Waals surface area (Å²) in [6, 6.07) is 17.5. The van der Waals surface area contributed by atoms with Gasteiger partial charge >= 0.3 is 0 Å². The first kappa shape index (κ1) is 28.1. The van der Waals surface area contributed by atoms with Gasteiger partial charge in [0.05, 0.1) is 17.9 Å². The molecule has 0 unspecified atom stereocenters. The van der Waals surface area contributed by atoms with Crippen LogP contribution < -0.4 is 21.3 Å². The lowest BCUT2D eigenvalue weighted by Gasteiger charge is -2.35. The molecule has 0 atom stereocenters. The average molecular weight is 556 g/mol. The first-order valence-corrected chi connectivity index (χ1v) is 13.7. The molecule has 1 aliphatic rings. The number of aromatic nitrogens is 3. The third kappa shape index (κ3) is 6.64. The molecule has 1 fully saturated rings. The van der Waals surface area contributed by atoms with E-state index in [1.807, 2.05) is 54.6 Å². The second-order valence-electron chi connectivity index (χ2n) is 11.1. The summed E-state index contributed by atoms with van der Waals surface area (Å²) in [6.45, 7) is 10.7. The molecule has 1 aliphatic heterocycles. The first-order valence-electron chi connectivity index (χ1n) is 13.7. The van der Waals surface area contributed by atoms with Crippen LogP contribution in [0.5, 0.6) is 0 Å². The molecule has 11 nitrogen and oxygen atoms in total. The van der Waals surface area contributed by atoms with Gasteiger partial charge < -0.3 is 30.9 Å². The number of rotatable bonds is 9. The second kappa shape index (κ2) is 11.9. The minimum atomic E-state index is -0.121. The third-order valence-electron chi connectivity index (χ3n) is 7.11. The van der Waals surface area contributed by atoms with Crippen LogP contribution in [0.4, 0.5) is 34.5 Å². The SMILES string of the molecule is CC(C)(C)c1cc(Nc2ccc(Nc3ncnc(N)c3C(=N)c3ccc(N4CCN(CCO)CC4)cc3)cc2)no1. The second-order valence-corrected chi connectivity index (χ2v) is 11.1. The highest BCUT2D eigenvalue weighted by molar-refractivity contribution is 6.16. The van der Waals surface area contributed by atoms with Crippen LogP contribution in [0.3, 0.4) is 0 Å². The van der Waals surface area contributed by atoms with E-state index in [-0.39, 0.29) is 23.6 Å². The Kier molecular flexibility index (Phi) is 8.18. The van der Waals surface area contributed by atoms with E-state index in [2.05, 4.69) is 56.3 Å². The van der Waals surface area contributed by atoms with Crippen LogP contribution in [0, 0.1) is 5.41 Å². The fourth-order valence-corrected chi connectivity index (χ4v) is 4.70. The summed E-state index contributed by atoms with van der Waals surface area (Å²) in [4.78, 5) is 13.1. The molecule has 0 aliphatic carbocycles. The quantitative estimate of drug-likeness (QED) is 0.188. The van der Waals surface area contributed by atoms with Crippen molar-refractivity contribution < 1.29 is 9.63 Å². The molecule has 0 bridgehead atoms. The summed E-state index contributed by atoms with van der Waals surface area (Å²) >= 11 is 0. The molecule has 0 saturated carbocycles. The van der Waals surface area contributed by atoms with Gasteiger partial charge in [-0.05, 0) is 36.4 Å². The number of nitrogens with one attached hydrogen (secondary N) is 3. The maximum Gasteiger partial charge on any atom is 0.174 e. The lowest BCUT2D eigenvalue weighted by atomic mass is 9.93. The van der Waals surface area contributed by atoms with Gasteiger partial charge in [0, 0.05) is 66.8 Å². The molecule has 11 heteroatoms. The fraction of sp³-hybridized carbons (Fsp3) is 0.333. The van der Waals surface area contributed by atoms with Crippen molar-refractivity contribution in [3.63, 3.8) is 0 Å². The van der Waals surface area contributed by atoms with Crippen molar-refractivity contribution in [3.05, 3.63) is 77.8 Å². The van der Waals surface area contributed by atoms with Crippen molar-refractivity contribution in [2.24, 2.45) is 0 Å². The van der Waals surface area contributed by atoms with Gasteiger partial charge in [-0.2, -0.15) is 0 Å². The molecule has 214 valence electrons. The summed E-state index contributed by atoms with van der Waals surface area (Å²) < 4.78 is 5.45. The number of β-amino-alcohol motifs (C(OH)–C–C–N with tert-alkyl or cyclic N) is 1. The van der Waals surface area contributed by atoms with Gasteiger partial charge in [-0.3, -0.25) is 10.3 Å². The highest BCUT2D eigenvalue weighted by Gasteiger charge is 2.21. The number of nitrogen functional groups attached to an aromatic ring is 1. The highest BCUT2D eigenvalue weighted by Crippen LogP contribution is 2.29. The number of aliphatic hydroxyl groups excluding tert-OH is 1. The summed E-state index contributed by atoms with van der Waals surface area (Å²) in [5, 5.41) is 28.8. The van der Waals surface area contributed by atoms with E-state index in [1.54, 1.807) is 0 Å². The Balaban J connectivity index is 1.27. The Morgan fingerprint density at radius 3 is 2.24 bits per heavy atom. The van der Waals surface area contributed by atoms with Crippen LogP contribution in [0.15, 0.2) is 65.4 Å². The van der Waals surface area contributed by atoms with Crippen molar-refractivity contribution in [3.8, 4) is 0 Å². The standard InChI is InChI=1S/C30H37N9O2/c1-30(2,3)24-18-25(37-41-24)35-21-6-8-22(9-7-21)36-29-26(28(32)33-19-34-29)27(31)20-4-10-23(11-5-20)39-14-12-38(13-15-39)16-17-40/h4-11,18-19,31,40H,12-17H2,1-3H3,(H,35,37)(H3,32,33,34,36). The zero-order chi connectivity index (χ0) is 29.0. The molecule has 6 N–H and O–H groups in total. The Morgan fingerprint density at radius 2 is 1.63 bits per heavy atom. The normalized spacial score (nSPS) is 14.2. The van der Waals surface area contributed by atoms with Gasteiger partial charge in [0.1, 0.15) is 23.7 Å². The Labute approximate surface area is 239 Å². The molecule has 1 saturated heterocycles. The van der Waals surface area contributed by atoms with Crippen LogP contribution in [0.1, 0.15) is 37.7 Å². The molecule has 0 spiro atoms. The topological polar surface area (TPSA) is 152 Å². The molecule has 2 aromatic carbocycles. The number of piperazine rings is 1. The fourth-order valence-electron chi connectivity index (χ4n) is 4.70. The van der Waals surface area contributed by atoms with Gasteiger partial charge in [0.25, 0.3) is 0 Å². The lowest BCUT2D eigenvalue weighted by Crippen LogP contribution is -2.47. The summed E-state index contributed by atoms with van der Waals surface area (Å²) in [5.41, 5.74) is 10.3. The van der Waals surface area contributed by atoms with Gasteiger partial charge in [-0.1, -0.05) is 38.1 Å². The van der Waals surface area contributed by atoms with Crippen LogP contribution in [0.25, 0.3) is 0 Å². The van der Waals surface area contributed by atoms with Crippen LogP contribution in [0.2, 0.25) is 0 Å². The van der Waals surface area contributed by atoms with Gasteiger partial charge in [0.2, 0.25) is 0 Å². The van der Waals surface area contributed by atoms with Crippen molar-refractivity contribution in [1.82, 2.24) is 20.0 Å². The van der Waals surface area contributed by atoms with Gasteiger partial charge in [-0.15, -0.1) is 0 Å². The number of aliphatic hydroxyl groups is 1. The zero-order valence-corrected chi connectivity index (χ0v) is 23.7. The van der Waals surface area contributed by atoms with E-state index in [4.69, 9.17) is 15.7 Å². The molecular weight excluding hydrogens is 518 g/mol. The Bertz CT molecular complexity index is 1470.